The van der Waals surface area contributed by atoms with E-state index in [4.69, 9.17) is 23.2 Å². The van der Waals surface area contributed by atoms with Crippen molar-refractivity contribution < 1.29 is 0 Å². The largest absolute Gasteiger partial charge is 0.322 e. The Morgan fingerprint density at radius 1 is 1.33 bits per heavy atom. The number of hydrogen-bond donors (Lipinski definition) is 0. The van der Waals surface area contributed by atoms with Crippen LogP contribution in [-0.4, -0.2) is 19.3 Å². The molecule has 4 nitrogen and oxygen atoms in total. The highest BCUT2D eigenvalue weighted by molar-refractivity contribution is 6.35. The van der Waals surface area contributed by atoms with Crippen LogP contribution in [0.25, 0.3) is 11.0 Å². The maximum atomic E-state index is 6.30. The van der Waals surface area contributed by atoms with Crippen molar-refractivity contribution in [3.05, 3.63) is 46.5 Å². The van der Waals surface area contributed by atoms with Gasteiger partial charge in [-0.3, -0.25) is 4.68 Å². The maximum absolute atomic E-state index is 6.30. The SMILES string of the molecule is Cc1c(Cn2c(C(C)Cl)nc3c(Cl)cccc32)cnn1C. The molecule has 6 heteroatoms. The molecule has 1 unspecified atom stereocenters. The number of benzene rings is 1. The Labute approximate surface area is 133 Å². The molecule has 0 fully saturated rings. The first-order chi connectivity index (χ1) is 9.99. The Bertz CT molecular complexity index is 801. The fourth-order valence-electron chi connectivity index (χ4n) is 2.47. The van der Waals surface area contributed by atoms with E-state index in [1.165, 1.54) is 0 Å². The zero-order chi connectivity index (χ0) is 15.1. The van der Waals surface area contributed by atoms with E-state index in [0.29, 0.717) is 11.6 Å². The van der Waals surface area contributed by atoms with Gasteiger partial charge in [0.2, 0.25) is 0 Å². The molecule has 0 bridgehead atoms. The number of aromatic nitrogens is 4. The molecule has 0 N–H and O–H groups in total. The van der Waals surface area contributed by atoms with Crippen molar-refractivity contribution in [1.29, 1.82) is 0 Å². The van der Waals surface area contributed by atoms with Gasteiger partial charge in [0.05, 0.1) is 28.7 Å². The van der Waals surface area contributed by atoms with Crippen LogP contribution in [0.4, 0.5) is 0 Å². The van der Waals surface area contributed by atoms with Crippen LogP contribution in [0.1, 0.15) is 29.4 Å². The zero-order valence-electron chi connectivity index (χ0n) is 12.1. The Morgan fingerprint density at radius 3 is 2.71 bits per heavy atom. The minimum absolute atomic E-state index is 0.189. The number of fused-ring (bicyclic) bond motifs is 1. The number of halogens is 2. The van der Waals surface area contributed by atoms with Crippen LogP contribution in [0.15, 0.2) is 24.4 Å². The second-order valence-corrected chi connectivity index (χ2v) is 6.22. The topological polar surface area (TPSA) is 35.6 Å². The number of aryl methyl sites for hydroxylation is 1. The molecule has 0 aliphatic carbocycles. The van der Waals surface area contributed by atoms with Crippen LogP contribution >= 0.6 is 23.2 Å². The van der Waals surface area contributed by atoms with Crippen LogP contribution in [0.3, 0.4) is 0 Å². The zero-order valence-corrected chi connectivity index (χ0v) is 13.7. The lowest BCUT2D eigenvalue weighted by molar-refractivity contribution is 0.720. The molecular formula is C15H16Cl2N4. The van der Waals surface area contributed by atoms with Crippen molar-refractivity contribution in [1.82, 2.24) is 19.3 Å². The highest BCUT2D eigenvalue weighted by Crippen LogP contribution is 2.29. The van der Waals surface area contributed by atoms with Gasteiger partial charge in [0.1, 0.15) is 11.3 Å². The average molecular weight is 323 g/mol. The summed E-state index contributed by atoms with van der Waals surface area (Å²) in [5.41, 5.74) is 4.07. The van der Waals surface area contributed by atoms with Crippen molar-refractivity contribution in [2.75, 3.05) is 0 Å². The van der Waals surface area contributed by atoms with Gasteiger partial charge in [-0.1, -0.05) is 17.7 Å². The van der Waals surface area contributed by atoms with Crippen molar-refractivity contribution >= 4 is 34.2 Å². The van der Waals surface area contributed by atoms with E-state index in [9.17, 15) is 0 Å². The highest BCUT2D eigenvalue weighted by atomic mass is 35.5. The van der Waals surface area contributed by atoms with Crippen LogP contribution in [0.2, 0.25) is 5.02 Å². The summed E-state index contributed by atoms with van der Waals surface area (Å²) >= 11 is 12.5. The summed E-state index contributed by atoms with van der Waals surface area (Å²) in [7, 11) is 1.94. The van der Waals surface area contributed by atoms with E-state index < -0.39 is 0 Å². The molecule has 2 heterocycles. The Morgan fingerprint density at radius 2 is 2.10 bits per heavy atom. The number of imidazole rings is 1. The van der Waals surface area contributed by atoms with Gasteiger partial charge < -0.3 is 4.57 Å². The summed E-state index contributed by atoms with van der Waals surface area (Å²) in [6.07, 6.45) is 1.88. The predicted molar refractivity (Wildman–Crippen MR) is 86.1 cm³/mol. The molecule has 0 aliphatic rings. The van der Waals surface area contributed by atoms with E-state index in [-0.39, 0.29) is 5.38 Å². The first-order valence-electron chi connectivity index (χ1n) is 6.75. The fraction of sp³-hybridized carbons (Fsp3) is 0.333. The third-order valence-electron chi connectivity index (χ3n) is 3.78. The summed E-state index contributed by atoms with van der Waals surface area (Å²) in [6.45, 7) is 4.66. The minimum atomic E-state index is -0.189. The second-order valence-electron chi connectivity index (χ2n) is 5.16. The first kappa shape index (κ1) is 14.4. The quantitative estimate of drug-likeness (QED) is 0.681. The monoisotopic (exact) mass is 322 g/mol. The summed E-state index contributed by atoms with van der Waals surface area (Å²) in [5.74, 6) is 0.822. The number of para-hydroxylation sites is 1. The number of hydrogen-bond acceptors (Lipinski definition) is 2. The van der Waals surface area contributed by atoms with Crippen LogP contribution < -0.4 is 0 Å². The molecule has 3 aromatic rings. The molecule has 110 valence electrons. The van der Waals surface area contributed by atoms with Gasteiger partial charge in [0.15, 0.2) is 0 Å². The molecule has 21 heavy (non-hydrogen) atoms. The van der Waals surface area contributed by atoms with Gasteiger partial charge in [0, 0.05) is 18.3 Å². The lowest BCUT2D eigenvalue weighted by Gasteiger charge is -2.10. The molecule has 0 amide bonds. The van der Waals surface area contributed by atoms with Gasteiger partial charge >= 0.3 is 0 Å². The minimum Gasteiger partial charge on any atom is -0.322 e. The lowest BCUT2D eigenvalue weighted by atomic mass is 10.2. The van der Waals surface area contributed by atoms with Crippen molar-refractivity contribution in [3.63, 3.8) is 0 Å². The summed E-state index contributed by atoms with van der Waals surface area (Å²) in [6, 6.07) is 5.80. The lowest BCUT2D eigenvalue weighted by Crippen LogP contribution is -2.06. The van der Waals surface area contributed by atoms with Crippen LogP contribution in [0.5, 0.6) is 0 Å². The van der Waals surface area contributed by atoms with Crippen LogP contribution in [0, 0.1) is 6.92 Å². The molecule has 3 rings (SSSR count). The second kappa shape index (κ2) is 5.35. The van der Waals surface area contributed by atoms with Crippen molar-refractivity contribution in [2.24, 2.45) is 7.05 Å². The van der Waals surface area contributed by atoms with E-state index in [1.807, 2.05) is 43.0 Å². The Kier molecular flexibility index (Phi) is 3.68. The van der Waals surface area contributed by atoms with E-state index in [2.05, 4.69) is 21.6 Å². The molecule has 0 aliphatic heterocycles. The number of alkyl halides is 1. The predicted octanol–water partition coefficient (Wildman–Crippen LogP) is 4.08. The average Bonchev–Trinajstić information content (AvgIpc) is 2.96. The Hall–Kier alpha value is -1.52. The molecule has 1 aromatic carbocycles. The number of nitrogens with zero attached hydrogens (tertiary/aromatic N) is 4. The van der Waals surface area contributed by atoms with Gasteiger partial charge in [-0.2, -0.15) is 5.10 Å². The van der Waals surface area contributed by atoms with Crippen molar-refractivity contribution in [3.8, 4) is 0 Å². The van der Waals surface area contributed by atoms with E-state index in [1.54, 1.807) is 0 Å². The van der Waals surface area contributed by atoms with Crippen molar-refractivity contribution in [2.45, 2.75) is 25.8 Å². The molecule has 0 saturated carbocycles. The fourth-order valence-corrected chi connectivity index (χ4v) is 2.85. The molecular weight excluding hydrogens is 307 g/mol. The third-order valence-corrected chi connectivity index (χ3v) is 4.28. The van der Waals surface area contributed by atoms with E-state index >= 15 is 0 Å². The van der Waals surface area contributed by atoms with Crippen LogP contribution in [-0.2, 0) is 13.6 Å². The summed E-state index contributed by atoms with van der Waals surface area (Å²) < 4.78 is 3.98. The normalized spacial score (nSPS) is 13.0. The molecule has 1 atom stereocenters. The molecule has 0 saturated heterocycles. The first-order valence-corrected chi connectivity index (χ1v) is 7.56. The van der Waals surface area contributed by atoms with Gasteiger partial charge in [-0.25, -0.2) is 4.98 Å². The molecule has 0 radical (unpaired) electrons. The molecule has 0 spiro atoms. The summed E-state index contributed by atoms with van der Waals surface area (Å²) in [4.78, 5) is 4.62. The standard InChI is InChI=1S/C15H16Cl2N4/c1-9(16)15-19-14-12(17)5-4-6-13(14)21(15)8-11-7-18-20(3)10(11)2/h4-7,9H,8H2,1-3H3. The van der Waals surface area contributed by atoms with Gasteiger partial charge in [0.25, 0.3) is 0 Å². The maximum Gasteiger partial charge on any atom is 0.128 e. The summed E-state index contributed by atoms with van der Waals surface area (Å²) in [5, 5.41) is 4.75. The number of rotatable bonds is 3. The Balaban J connectivity index is 2.18. The van der Waals surface area contributed by atoms with E-state index in [0.717, 1.165) is 28.1 Å². The highest BCUT2D eigenvalue weighted by Gasteiger charge is 2.18. The molecule has 2 aromatic heterocycles. The smallest absolute Gasteiger partial charge is 0.128 e. The van der Waals surface area contributed by atoms with Gasteiger partial charge in [-0.15, -0.1) is 11.6 Å². The van der Waals surface area contributed by atoms with Gasteiger partial charge in [-0.05, 0) is 26.0 Å². The third kappa shape index (κ3) is 2.43.